The molecule has 1 saturated carbocycles. The van der Waals surface area contributed by atoms with E-state index in [1.807, 2.05) is 0 Å². The molecule has 1 aliphatic carbocycles. The molecule has 1 N–H and O–H groups in total. The Kier molecular flexibility index (Phi) is 5.30. The largest absolute Gasteiger partial charge is 0.315 e. The summed E-state index contributed by atoms with van der Waals surface area (Å²) < 4.78 is 0. The van der Waals surface area contributed by atoms with Gasteiger partial charge in [0.15, 0.2) is 0 Å². The third-order valence-electron chi connectivity index (χ3n) is 4.84. The van der Waals surface area contributed by atoms with Gasteiger partial charge in [0.2, 0.25) is 0 Å². The van der Waals surface area contributed by atoms with E-state index >= 15 is 0 Å². The molecule has 1 aliphatic heterocycles. The van der Waals surface area contributed by atoms with Crippen molar-refractivity contribution in [2.75, 3.05) is 19.6 Å². The van der Waals surface area contributed by atoms with Crippen molar-refractivity contribution in [1.29, 1.82) is 0 Å². The number of hydrogen-bond donors (Lipinski definition) is 1. The third-order valence-corrected chi connectivity index (χ3v) is 4.84. The minimum absolute atomic E-state index is 0.806. The lowest BCUT2D eigenvalue weighted by atomic mass is 9.83. The van der Waals surface area contributed by atoms with Crippen molar-refractivity contribution in [3.63, 3.8) is 0 Å². The molecule has 2 heteroatoms. The molecule has 1 saturated heterocycles. The molecule has 0 aromatic rings. The van der Waals surface area contributed by atoms with E-state index in [0.29, 0.717) is 0 Å². The number of nitrogens with one attached hydrogen (secondary N) is 1. The van der Waals surface area contributed by atoms with Gasteiger partial charge in [0.05, 0.1) is 0 Å². The number of hydrogen-bond acceptors (Lipinski definition) is 2. The first-order valence-electron chi connectivity index (χ1n) is 7.79. The van der Waals surface area contributed by atoms with Crippen molar-refractivity contribution >= 4 is 0 Å². The highest BCUT2D eigenvalue weighted by atomic mass is 15.2. The molecular formula is C15H30N2. The van der Waals surface area contributed by atoms with Crippen molar-refractivity contribution in [3.05, 3.63) is 0 Å². The predicted octanol–water partition coefficient (Wildman–Crippen LogP) is 3.03. The van der Waals surface area contributed by atoms with Crippen LogP contribution in [0.4, 0.5) is 0 Å². The van der Waals surface area contributed by atoms with Crippen LogP contribution in [0.2, 0.25) is 0 Å². The van der Waals surface area contributed by atoms with Crippen LogP contribution in [-0.4, -0.2) is 36.6 Å². The van der Waals surface area contributed by atoms with Crippen LogP contribution in [-0.2, 0) is 0 Å². The van der Waals surface area contributed by atoms with Crippen LogP contribution in [0.15, 0.2) is 0 Å². The van der Waals surface area contributed by atoms with Crippen molar-refractivity contribution in [3.8, 4) is 0 Å². The van der Waals surface area contributed by atoms with Crippen LogP contribution in [0.3, 0.4) is 0 Å². The fraction of sp³-hybridized carbons (Fsp3) is 1.00. The van der Waals surface area contributed by atoms with Gasteiger partial charge in [-0.25, -0.2) is 0 Å². The molecule has 1 heterocycles. The lowest BCUT2D eigenvalue weighted by Gasteiger charge is -2.40. The monoisotopic (exact) mass is 238 g/mol. The van der Waals surface area contributed by atoms with Crippen molar-refractivity contribution in [2.45, 2.75) is 70.9 Å². The number of rotatable bonds is 5. The Labute approximate surface area is 107 Å². The SMILES string of the molecule is CCCN(C1CCNC1)C(C)C1CCCCC1. The molecule has 2 unspecified atom stereocenters. The highest BCUT2D eigenvalue weighted by molar-refractivity contribution is 4.87. The minimum atomic E-state index is 0.806. The van der Waals surface area contributed by atoms with Gasteiger partial charge in [-0.05, 0) is 51.6 Å². The summed E-state index contributed by atoms with van der Waals surface area (Å²) >= 11 is 0. The zero-order chi connectivity index (χ0) is 12.1. The van der Waals surface area contributed by atoms with Crippen LogP contribution in [0, 0.1) is 5.92 Å². The van der Waals surface area contributed by atoms with Gasteiger partial charge in [-0.1, -0.05) is 26.2 Å². The molecule has 0 spiro atoms. The van der Waals surface area contributed by atoms with Crippen molar-refractivity contribution in [1.82, 2.24) is 10.2 Å². The first-order chi connectivity index (χ1) is 8.33. The first kappa shape index (κ1) is 13.4. The molecule has 2 nitrogen and oxygen atoms in total. The second-order valence-electron chi connectivity index (χ2n) is 6.02. The first-order valence-corrected chi connectivity index (χ1v) is 7.79. The molecule has 100 valence electrons. The van der Waals surface area contributed by atoms with E-state index in [9.17, 15) is 0 Å². The summed E-state index contributed by atoms with van der Waals surface area (Å²) in [5.74, 6) is 0.968. The van der Waals surface area contributed by atoms with Crippen LogP contribution in [0.25, 0.3) is 0 Å². The highest BCUT2D eigenvalue weighted by Crippen LogP contribution is 2.30. The van der Waals surface area contributed by atoms with Gasteiger partial charge in [0.25, 0.3) is 0 Å². The Hall–Kier alpha value is -0.0800. The highest BCUT2D eigenvalue weighted by Gasteiger charge is 2.30. The molecule has 0 radical (unpaired) electrons. The molecule has 17 heavy (non-hydrogen) atoms. The zero-order valence-electron chi connectivity index (χ0n) is 11.8. The second kappa shape index (κ2) is 6.75. The maximum absolute atomic E-state index is 3.53. The summed E-state index contributed by atoms with van der Waals surface area (Å²) in [7, 11) is 0. The maximum Gasteiger partial charge on any atom is 0.0235 e. The van der Waals surface area contributed by atoms with E-state index in [1.54, 1.807) is 0 Å². The molecule has 0 aromatic carbocycles. The van der Waals surface area contributed by atoms with Gasteiger partial charge >= 0.3 is 0 Å². The summed E-state index contributed by atoms with van der Waals surface area (Å²) in [6, 6.07) is 1.62. The van der Waals surface area contributed by atoms with E-state index < -0.39 is 0 Å². The smallest absolute Gasteiger partial charge is 0.0235 e. The lowest BCUT2D eigenvalue weighted by molar-refractivity contribution is 0.0923. The molecular weight excluding hydrogens is 208 g/mol. The lowest BCUT2D eigenvalue weighted by Crippen LogP contribution is -2.47. The molecule has 2 rings (SSSR count). The fourth-order valence-corrected chi connectivity index (χ4v) is 3.79. The van der Waals surface area contributed by atoms with Gasteiger partial charge in [-0.15, -0.1) is 0 Å². The quantitative estimate of drug-likeness (QED) is 0.792. The zero-order valence-corrected chi connectivity index (χ0v) is 11.8. The molecule has 0 amide bonds. The normalized spacial score (nSPS) is 28.8. The van der Waals surface area contributed by atoms with Gasteiger partial charge in [-0.3, -0.25) is 4.90 Å². The average Bonchev–Trinajstić information content (AvgIpc) is 2.90. The molecule has 0 bridgehead atoms. The number of nitrogens with zero attached hydrogens (tertiary/aromatic N) is 1. The van der Waals surface area contributed by atoms with Gasteiger partial charge in [0, 0.05) is 18.6 Å². The Morgan fingerprint density at radius 2 is 1.94 bits per heavy atom. The van der Waals surface area contributed by atoms with E-state index in [2.05, 4.69) is 24.1 Å². The molecule has 2 aliphatic rings. The van der Waals surface area contributed by atoms with Crippen molar-refractivity contribution < 1.29 is 0 Å². The summed E-state index contributed by atoms with van der Waals surface area (Å²) in [6.07, 6.45) is 10.0. The Morgan fingerprint density at radius 3 is 2.53 bits per heavy atom. The fourth-order valence-electron chi connectivity index (χ4n) is 3.79. The Morgan fingerprint density at radius 1 is 1.18 bits per heavy atom. The summed E-state index contributed by atoms with van der Waals surface area (Å²) in [4.78, 5) is 2.82. The third kappa shape index (κ3) is 3.45. The van der Waals surface area contributed by atoms with Gasteiger partial charge < -0.3 is 5.32 Å². The van der Waals surface area contributed by atoms with E-state index in [1.165, 1.54) is 64.6 Å². The summed E-state index contributed by atoms with van der Waals surface area (Å²) in [6.45, 7) is 8.55. The summed E-state index contributed by atoms with van der Waals surface area (Å²) in [5, 5.41) is 3.53. The van der Waals surface area contributed by atoms with Gasteiger partial charge in [-0.2, -0.15) is 0 Å². The average molecular weight is 238 g/mol. The van der Waals surface area contributed by atoms with Crippen LogP contribution in [0.1, 0.15) is 58.8 Å². The molecule has 2 atom stereocenters. The molecule has 2 fully saturated rings. The van der Waals surface area contributed by atoms with E-state index in [-0.39, 0.29) is 0 Å². The van der Waals surface area contributed by atoms with Crippen molar-refractivity contribution in [2.24, 2.45) is 5.92 Å². The standard InChI is InChI=1S/C15H30N2/c1-3-11-17(15-9-10-16-12-15)13(2)14-7-5-4-6-8-14/h13-16H,3-12H2,1-2H3. The topological polar surface area (TPSA) is 15.3 Å². The van der Waals surface area contributed by atoms with E-state index in [4.69, 9.17) is 0 Å². The minimum Gasteiger partial charge on any atom is -0.315 e. The Bertz CT molecular complexity index is 205. The Balaban J connectivity index is 1.92. The summed E-state index contributed by atoms with van der Waals surface area (Å²) in [5.41, 5.74) is 0. The van der Waals surface area contributed by atoms with Gasteiger partial charge in [0.1, 0.15) is 0 Å². The van der Waals surface area contributed by atoms with E-state index in [0.717, 1.165) is 18.0 Å². The van der Waals surface area contributed by atoms with Crippen LogP contribution >= 0.6 is 0 Å². The predicted molar refractivity (Wildman–Crippen MR) is 74.3 cm³/mol. The maximum atomic E-state index is 3.53. The van der Waals surface area contributed by atoms with Crippen LogP contribution < -0.4 is 5.32 Å². The molecule has 0 aromatic heterocycles. The second-order valence-corrected chi connectivity index (χ2v) is 6.02. The van der Waals surface area contributed by atoms with Crippen LogP contribution in [0.5, 0.6) is 0 Å².